The van der Waals surface area contributed by atoms with E-state index >= 15 is 0 Å². The molecule has 1 aliphatic heterocycles. The van der Waals surface area contributed by atoms with Gasteiger partial charge in [0.2, 0.25) is 0 Å². The molecule has 41 heavy (non-hydrogen) atoms. The molecule has 0 aliphatic carbocycles. The highest BCUT2D eigenvalue weighted by Gasteiger charge is 2.30. The van der Waals surface area contributed by atoms with E-state index in [9.17, 15) is 18.4 Å². The van der Waals surface area contributed by atoms with Gasteiger partial charge in [-0.25, -0.2) is 4.98 Å². The molecule has 0 atom stereocenters. The van der Waals surface area contributed by atoms with Crippen molar-refractivity contribution in [2.45, 2.75) is 31.3 Å². The lowest BCUT2D eigenvalue weighted by Gasteiger charge is -2.29. The summed E-state index contributed by atoms with van der Waals surface area (Å²) in [4.78, 5) is 7.12. The van der Waals surface area contributed by atoms with Crippen LogP contribution in [0.25, 0.3) is 44.7 Å². The number of benzene rings is 3. The van der Waals surface area contributed by atoms with Crippen LogP contribution in [0.2, 0.25) is 0 Å². The summed E-state index contributed by atoms with van der Waals surface area (Å²) in [7, 11) is 0. The molecule has 9 heteroatoms. The van der Waals surface area contributed by atoms with Crippen molar-refractivity contribution in [3.8, 4) is 39.7 Å². The Kier molecular flexibility index (Phi) is 7.14. The van der Waals surface area contributed by atoms with Gasteiger partial charge in [-0.1, -0.05) is 48.5 Å². The Balaban J connectivity index is 1.56. The number of aromatic amines is 1. The summed E-state index contributed by atoms with van der Waals surface area (Å²) in [6, 6.07) is 22.9. The third-order valence-electron chi connectivity index (χ3n) is 7.57. The molecule has 0 amide bonds. The second-order valence-corrected chi connectivity index (χ2v) is 10.4. The number of alkyl halides is 4. The molecule has 1 fully saturated rings. The number of hydrogen-bond donors (Lipinski definition) is 1. The van der Waals surface area contributed by atoms with Crippen molar-refractivity contribution in [2.24, 2.45) is 0 Å². The van der Waals surface area contributed by atoms with Gasteiger partial charge in [0.25, 0.3) is 0 Å². The van der Waals surface area contributed by atoms with E-state index in [1.807, 2.05) is 36.4 Å². The van der Waals surface area contributed by atoms with Crippen LogP contribution in [-0.4, -0.2) is 28.3 Å². The van der Waals surface area contributed by atoms with Gasteiger partial charge in [0.1, 0.15) is 6.07 Å². The molecule has 206 valence electrons. The second kappa shape index (κ2) is 10.9. The Hall–Kier alpha value is -4.35. The van der Waals surface area contributed by atoms with Gasteiger partial charge in [0.05, 0.1) is 27.9 Å². The van der Waals surface area contributed by atoms with Gasteiger partial charge in [-0.2, -0.15) is 23.5 Å². The van der Waals surface area contributed by atoms with Gasteiger partial charge in [0, 0.05) is 41.3 Å². The Labute approximate surface area is 240 Å². The van der Waals surface area contributed by atoms with E-state index in [4.69, 9.17) is 16.6 Å². The van der Waals surface area contributed by atoms with Crippen LogP contribution in [0.5, 0.6) is 0 Å². The van der Waals surface area contributed by atoms with E-state index in [0.29, 0.717) is 45.0 Å². The molecule has 1 N–H and O–H groups in total. The summed E-state index contributed by atoms with van der Waals surface area (Å²) in [5.41, 5.74) is 5.68. The number of aromatic nitrogens is 3. The average molecular weight is 572 g/mol. The molecule has 1 saturated heterocycles. The van der Waals surface area contributed by atoms with Crippen LogP contribution in [0, 0.1) is 11.3 Å². The van der Waals surface area contributed by atoms with Crippen LogP contribution in [0.1, 0.15) is 36.0 Å². The Morgan fingerprint density at radius 2 is 1.49 bits per heavy atom. The van der Waals surface area contributed by atoms with Crippen LogP contribution < -0.4 is 4.90 Å². The second-order valence-electron chi connectivity index (χ2n) is 10.1. The summed E-state index contributed by atoms with van der Waals surface area (Å²) in [5, 5.41) is 18.5. The van der Waals surface area contributed by atoms with Crippen molar-refractivity contribution in [1.82, 2.24) is 15.2 Å². The zero-order valence-corrected chi connectivity index (χ0v) is 22.7. The van der Waals surface area contributed by atoms with Crippen LogP contribution in [-0.2, 0) is 12.1 Å². The number of fused-ring (bicyclic) bond motifs is 1. The zero-order valence-electron chi connectivity index (χ0n) is 22.0. The van der Waals surface area contributed by atoms with Crippen molar-refractivity contribution in [2.75, 3.05) is 18.0 Å². The van der Waals surface area contributed by atoms with Gasteiger partial charge in [-0.3, -0.25) is 5.10 Å². The molecule has 1 aliphatic rings. The lowest BCUT2D eigenvalue weighted by molar-refractivity contribution is -0.137. The topological polar surface area (TPSA) is 68.6 Å². The summed E-state index contributed by atoms with van der Waals surface area (Å²) in [6.07, 6.45) is -0.901. The number of nitrogens with one attached hydrogen (secondary N) is 1. The fourth-order valence-corrected chi connectivity index (χ4v) is 5.62. The number of H-pyrrole nitrogens is 1. The van der Waals surface area contributed by atoms with E-state index in [2.05, 4.69) is 33.3 Å². The van der Waals surface area contributed by atoms with E-state index in [-0.39, 0.29) is 0 Å². The molecule has 0 spiro atoms. The molecule has 0 saturated carbocycles. The Morgan fingerprint density at radius 3 is 2.10 bits per heavy atom. The van der Waals surface area contributed by atoms with Gasteiger partial charge >= 0.3 is 6.18 Å². The highest BCUT2D eigenvalue weighted by molar-refractivity contribution is 6.17. The molecule has 2 aromatic heterocycles. The largest absolute Gasteiger partial charge is 0.416 e. The third-order valence-corrected chi connectivity index (χ3v) is 7.88. The maximum absolute atomic E-state index is 13.2. The van der Waals surface area contributed by atoms with Crippen molar-refractivity contribution in [3.05, 3.63) is 89.5 Å². The Bertz CT molecular complexity index is 1730. The number of pyridine rings is 1. The minimum absolute atomic E-state index is 0.358. The van der Waals surface area contributed by atoms with Crippen LogP contribution >= 0.6 is 11.6 Å². The van der Waals surface area contributed by atoms with Crippen molar-refractivity contribution < 1.29 is 13.2 Å². The highest BCUT2D eigenvalue weighted by Crippen LogP contribution is 2.41. The van der Waals surface area contributed by atoms with Crippen molar-refractivity contribution in [1.29, 1.82) is 5.26 Å². The minimum Gasteiger partial charge on any atom is -0.372 e. The first kappa shape index (κ1) is 26.9. The third kappa shape index (κ3) is 5.14. The van der Waals surface area contributed by atoms with Gasteiger partial charge in [0.15, 0.2) is 5.65 Å². The quantitative estimate of drug-likeness (QED) is 0.214. The summed E-state index contributed by atoms with van der Waals surface area (Å²) >= 11 is 5.98. The molecular weight excluding hydrogens is 547 g/mol. The predicted octanol–water partition coefficient (Wildman–Crippen LogP) is 8.58. The Morgan fingerprint density at radius 1 is 0.854 bits per heavy atom. The van der Waals surface area contributed by atoms with Crippen LogP contribution in [0.15, 0.2) is 72.8 Å². The molecule has 6 rings (SSSR count). The van der Waals surface area contributed by atoms with E-state index < -0.39 is 11.7 Å². The number of nitrogens with zero attached hydrogens (tertiary/aromatic N) is 4. The first-order chi connectivity index (χ1) is 19.9. The van der Waals surface area contributed by atoms with Crippen LogP contribution in [0.4, 0.5) is 18.9 Å². The van der Waals surface area contributed by atoms with Crippen molar-refractivity contribution >= 4 is 28.3 Å². The van der Waals surface area contributed by atoms with Gasteiger partial charge in [-0.15, -0.1) is 11.6 Å². The summed E-state index contributed by atoms with van der Waals surface area (Å²) in [6.45, 7) is 2.01. The predicted molar refractivity (Wildman–Crippen MR) is 156 cm³/mol. The maximum Gasteiger partial charge on any atom is 0.416 e. The fourth-order valence-electron chi connectivity index (χ4n) is 5.44. The summed E-state index contributed by atoms with van der Waals surface area (Å²) < 4.78 is 39.7. The molecule has 0 bridgehead atoms. The number of hydrogen-bond acceptors (Lipinski definition) is 4. The van der Waals surface area contributed by atoms with E-state index in [1.165, 1.54) is 18.6 Å². The smallest absolute Gasteiger partial charge is 0.372 e. The first-order valence-corrected chi connectivity index (χ1v) is 13.9. The highest BCUT2D eigenvalue weighted by atomic mass is 35.5. The SMILES string of the molecule is N#Cc1c(-c2ccc(CCl)cc2)nc2n[nH]c(-c3ccc(C(F)(F)F)cc3)c2c1-c1ccc(N2CCCCC2)cc1. The molecule has 3 heterocycles. The first-order valence-electron chi connectivity index (χ1n) is 13.4. The number of nitriles is 1. The maximum atomic E-state index is 13.2. The van der Waals surface area contributed by atoms with Crippen LogP contribution in [0.3, 0.4) is 0 Å². The van der Waals surface area contributed by atoms with E-state index in [0.717, 1.165) is 60.4 Å². The number of piperidine rings is 1. The minimum atomic E-state index is -4.45. The molecular formula is C32H25ClF3N5. The van der Waals surface area contributed by atoms with Gasteiger partial charge < -0.3 is 4.90 Å². The lowest BCUT2D eigenvalue weighted by atomic mass is 9.91. The molecule has 0 unspecified atom stereocenters. The molecule has 5 aromatic rings. The number of anilines is 1. The molecule has 0 radical (unpaired) electrons. The monoisotopic (exact) mass is 571 g/mol. The van der Waals surface area contributed by atoms with E-state index in [1.54, 1.807) is 0 Å². The van der Waals surface area contributed by atoms with Gasteiger partial charge in [-0.05, 0) is 54.7 Å². The number of rotatable bonds is 5. The molecule has 5 nitrogen and oxygen atoms in total. The van der Waals surface area contributed by atoms with Crippen molar-refractivity contribution in [3.63, 3.8) is 0 Å². The fraction of sp³-hybridized carbons (Fsp3) is 0.219. The zero-order chi connectivity index (χ0) is 28.6. The normalized spacial score (nSPS) is 13.9. The molecule has 3 aromatic carbocycles. The summed E-state index contributed by atoms with van der Waals surface area (Å²) in [5.74, 6) is 0.363. The number of halogens is 4. The standard InChI is InChI=1S/C32H25ClF3N5/c33-18-20-4-6-22(7-5-20)29-26(19-37)27(21-10-14-25(15-11-21)41-16-2-1-3-17-41)28-30(39-40-31(28)38-29)23-8-12-24(13-9-23)32(34,35)36/h4-15H,1-3,16-18H2,(H,38,39,40). The lowest BCUT2D eigenvalue weighted by Crippen LogP contribution is -2.29. The average Bonchev–Trinajstić information content (AvgIpc) is 3.44.